The Kier molecular flexibility index (Phi) is 11.3. The molecule has 0 N–H and O–H groups in total. The lowest BCUT2D eigenvalue weighted by atomic mass is 10.4. The zero-order chi connectivity index (χ0) is 12.9. The summed E-state index contributed by atoms with van der Waals surface area (Å²) in [6, 6.07) is 0. The highest BCUT2D eigenvalue weighted by Crippen LogP contribution is 1.87. The van der Waals surface area contributed by atoms with Crippen LogP contribution in [0.1, 0.15) is 20.3 Å². The summed E-state index contributed by atoms with van der Waals surface area (Å²) in [6.45, 7) is 8.09. The third kappa shape index (κ3) is 13.2. The lowest BCUT2D eigenvalue weighted by Gasteiger charge is -2.14. The van der Waals surface area contributed by atoms with Gasteiger partial charge in [-0.3, -0.25) is 4.79 Å². The van der Waals surface area contributed by atoms with Crippen LogP contribution in [0.25, 0.3) is 0 Å². The van der Waals surface area contributed by atoms with Crippen molar-refractivity contribution in [3.8, 4) is 0 Å². The summed E-state index contributed by atoms with van der Waals surface area (Å²) in [4.78, 5) is 12.8. The summed E-state index contributed by atoms with van der Waals surface area (Å²) in [7, 11) is 2.00. The Balaban J connectivity index is 3.27. The highest BCUT2D eigenvalue weighted by atomic mass is 16.5. The van der Waals surface area contributed by atoms with Crippen LogP contribution < -0.4 is 0 Å². The Bertz CT molecular complexity index is 217. The lowest BCUT2D eigenvalue weighted by Crippen LogP contribution is -2.24. The van der Waals surface area contributed by atoms with Gasteiger partial charge in [0.2, 0.25) is 0 Å². The Morgan fingerprint density at radius 3 is 2.41 bits per heavy atom. The van der Waals surface area contributed by atoms with Crippen molar-refractivity contribution in [2.75, 3.05) is 46.6 Å². The minimum atomic E-state index is 0.0859. The number of allylic oxidation sites excluding steroid dienone is 1. The van der Waals surface area contributed by atoms with E-state index in [1.165, 1.54) is 0 Å². The second kappa shape index (κ2) is 11.8. The molecule has 0 aromatic carbocycles. The van der Waals surface area contributed by atoms with Crippen LogP contribution in [-0.2, 0) is 14.3 Å². The maximum Gasteiger partial charge on any atom is 0.152 e. The SMILES string of the molecule is CCCOCCOCCN(C)C/C=C/C(C)=O. The van der Waals surface area contributed by atoms with E-state index in [1.54, 1.807) is 13.0 Å². The molecule has 4 nitrogen and oxygen atoms in total. The van der Waals surface area contributed by atoms with Gasteiger partial charge in [0.05, 0.1) is 19.8 Å². The van der Waals surface area contributed by atoms with E-state index < -0.39 is 0 Å². The average Bonchev–Trinajstić information content (AvgIpc) is 2.27. The van der Waals surface area contributed by atoms with Crippen molar-refractivity contribution in [1.29, 1.82) is 0 Å². The monoisotopic (exact) mass is 243 g/mol. The Hall–Kier alpha value is -0.710. The molecule has 0 unspecified atom stereocenters. The van der Waals surface area contributed by atoms with Crippen LogP contribution >= 0.6 is 0 Å². The molecule has 0 spiro atoms. The second-order valence-electron chi connectivity index (χ2n) is 4.00. The zero-order valence-corrected chi connectivity index (χ0v) is 11.3. The predicted octanol–water partition coefficient (Wildman–Crippen LogP) is 1.51. The topological polar surface area (TPSA) is 38.8 Å². The van der Waals surface area contributed by atoms with Gasteiger partial charge in [0, 0.05) is 19.7 Å². The summed E-state index contributed by atoms with van der Waals surface area (Å²) >= 11 is 0. The quantitative estimate of drug-likeness (QED) is 0.407. The normalized spacial score (nSPS) is 11.5. The fourth-order valence-electron chi connectivity index (χ4n) is 1.18. The van der Waals surface area contributed by atoms with E-state index in [4.69, 9.17) is 9.47 Å². The van der Waals surface area contributed by atoms with Gasteiger partial charge in [0.15, 0.2) is 5.78 Å². The number of hydrogen-bond acceptors (Lipinski definition) is 4. The van der Waals surface area contributed by atoms with Gasteiger partial charge in [-0.2, -0.15) is 0 Å². The third-order valence-corrected chi connectivity index (χ3v) is 2.11. The van der Waals surface area contributed by atoms with E-state index in [1.807, 2.05) is 13.1 Å². The number of ketones is 1. The fourth-order valence-corrected chi connectivity index (χ4v) is 1.18. The summed E-state index contributed by atoms with van der Waals surface area (Å²) < 4.78 is 10.7. The number of likely N-dealkylation sites (N-methyl/N-ethyl adjacent to an activating group) is 1. The summed E-state index contributed by atoms with van der Waals surface area (Å²) in [5.41, 5.74) is 0. The van der Waals surface area contributed by atoms with E-state index in [0.29, 0.717) is 19.8 Å². The number of nitrogens with zero attached hydrogens (tertiary/aromatic N) is 1. The molecule has 0 amide bonds. The minimum absolute atomic E-state index is 0.0859. The van der Waals surface area contributed by atoms with Crippen LogP contribution in [-0.4, -0.2) is 57.2 Å². The summed E-state index contributed by atoms with van der Waals surface area (Å²) in [6.07, 6.45) is 4.51. The Labute approximate surface area is 105 Å². The number of rotatable bonds is 11. The second-order valence-corrected chi connectivity index (χ2v) is 4.00. The Morgan fingerprint density at radius 2 is 1.82 bits per heavy atom. The standard InChI is InChI=1S/C13H25NO3/c1-4-9-16-11-12-17-10-8-14(3)7-5-6-13(2)15/h5-6H,4,7-12H2,1-3H3/b6-5+. The van der Waals surface area contributed by atoms with Crippen molar-refractivity contribution in [2.24, 2.45) is 0 Å². The molecular weight excluding hydrogens is 218 g/mol. The van der Waals surface area contributed by atoms with Gasteiger partial charge in [-0.15, -0.1) is 0 Å². The highest BCUT2D eigenvalue weighted by molar-refractivity contribution is 5.87. The fraction of sp³-hybridized carbons (Fsp3) is 0.769. The van der Waals surface area contributed by atoms with E-state index in [-0.39, 0.29) is 5.78 Å². The van der Waals surface area contributed by atoms with Crippen LogP contribution in [0, 0.1) is 0 Å². The molecule has 0 aliphatic carbocycles. The molecule has 0 saturated carbocycles. The number of carbonyl (C=O) groups is 1. The molecule has 0 aromatic rings. The molecule has 0 heterocycles. The van der Waals surface area contributed by atoms with Gasteiger partial charge in [0.25, 0.3) is 0 Å². The van der Waals surface area contributed by atoms with Crippen LogP contribution in [0.2, 0.25) is 0 Å². The molecule has 4 heteroatoms. The number of ether oxygens (including phenoxy) is 2. The van der Waals surface area contributed by atoms with E-state index >= 15 is 0 Å². The third-order valence-electron chi connectivity index (χ3n) is 2.11. The van der Waals surface area contributed by atoms with E-state index in [2.05, 4.69) is 11.8 Å². The molecular formula is C13H25NO3. The maximum absolute atomic E-state index is 10.7. The van der Waals surface area contributed by atoms with Gasteiger partial charge >= 0.3 is 0 Å². The summed E-state index contributed by atoms with van der Waals surface area (Å²) in [5.74, 6) is 0.0859. The van der Waals surface area contributed by atoms with Crippen LogP contribution in [0.5, 0.6) is 0 Å². The summed E-state index contributed by atoms with van der Waals surface area (Å²) in [5, 5.41) is 0. The minimum Gasteiger partial charge on any atom is -0.379 e. The van der Waals surface area contributed by atoms with Crippen molar-refractivity contribution in [3.05, 3.63) is 12.2 Å². The molecule has 0 bridgehead atoms. The van der Waals surface area contributed by atoms with Crippen molar-refractivity contribution in [3.63, 3.8) is 0 Å². The predicted molar refractivity (Wildman–Crippen MR) is 69.2 cm³/mol. The first-order chi connectivity index (χ1) is 8.16. The van der Waals surface area contributed by atoms with Gasteiger partial charge in [-0.25, -0.2) is 0 Å². The lowest BCUT2D eigenvalue weighted by molar-refractivity contribution is -0.112. The molecule has 0 aliphatic heterocycles. The molecule has 100 valence electrons. The first-order valence-electron chi connectivity index (χ1n) is 6.18. The molecule has 0 rings (SSSR count). The van der Waals surface area contributed by atoms with Crippen LogP contribution in [0.3, 0.4) is 0 Å². The van der Waals surface area contributed by atoms with Gasteiger partial charge in [-0.1, -0.05) is 13.0 Å². The van der Waals surface area contributed by atoms with Crippen molar-refractivity contribution in [2.45, 2.75) is 20.3 Å². The van der Waals surface area contributed by atoms with Gasteiger partial charge in [-0.05, 0) is 26.5 Å². The number of hydrogen-bond donors (Lipinski definition) is 0. The molecule has 0 radical (unpaired) electrons. The van der Waals surface area contributed by atoms with Crippen molar-refractivity contribution in [1.82, 2.24) is 4.90 Å². The average molecular weight is 243 g/mol. The van der Waals surface area contributed by atoms with Gasteiger partial charge < -0.3 is 14.4 Å². The van der Waals surface area contributed by atoms with Gasteiger partial charge in [0.1, 0.15) is 0 Å². The maximum atomic E-state index is 10.7. The van der Waals surface area contributed by atoms with Crippen molar-refractivity contribution < 1.29 is 14.3 Å². The number of carbonyl (C=O) groups excluding carboxylic acids is 1. The molecule has 0 saturated heterocycles. The van der Waals surface area contributed by atoms with E-state index in [0.717, 1.165) is 26.1 Å². The molecule has 0 aliphatic rings. The molecule has 0 fully saturated rings. The zero-order valence-electron chi connectivity index (χ0n) is 11.3. The first kappa shape index (κ1) is 16.3. The largest absolute Gasteiger partial charge is 0.379 e. The highest BCUT2D eigenvalue weighted by Gasteiger charge is 1.95. The Morgan fingerprint density at radius 1 is 1.18 bits per heavy atom. The molecule has 17 heavy (non-hydrogen) atoms. The van der Waals surface area contributed by atoms with E-state index in [9.17, 15) is 4.79 Å². The van der Waals surface area contributed by atoms with Crippen molar-refractivity contribution >= 4 is 5.78 Å². The molecule has 0 aromatic heterocycles. The smallest absolute Gasteiger partial charge is 0.152 e. The molecule has 0 atom stereocenters. The van der Waals surface area contributed by atoms with Crippen LogP contribution in [0.15, 0.2) is 12.2 Å². The first-order valence-corrected chi connectivity index (χ1v) is 6.18. The van der Waals surface area contributed by atoms with Crippen LogP contribution in [0.4, 0.5) is 0 Å².